The van der Waals surface area contributed by atoms with E-state index in [4.69, 9.17) is 0 Å². The normalized spacial score (nSPS) is 11.5. The van der Waals surface area contributed by atoms with Crippen LogP contribution in [-0.2, 0) is 0 Å². The zero-order valence-corrected chi connectivity index (χ0v) is 28.5. The number of hydrogen-bond donors (Lipinski definition) is 0. The smallest absolute Gasteiger partial charge is 0.0562 e. The van der Waals surface area contributed by atoms with Gasteiger partial charge in [-0.25, -0.2) is 0 Å². The molecule has 2 heteroatoms. The van der Waals surface area contributed by atoms with Gasteiger partial charge in [0.2, 0.25) is 0 Å². The third-order valence-corrected chi connectivity index (χ3v) is 10.4. The average Bonchev–Trinajstić information content (AvgIpc) is 3.56. The molecule has 0 aliphatic heterocycles. The van der Waals surface area contributed by atoms with E-state index >= 15 is 0 Å². The van der Waals surface area contributed by atoms with E-state index in [1.807, 2.05) is 0 Å². The first-order valence-corrected chi connectivity index (χ1v) is 17.9. The number of anilines is 3. The van der Waals surface area contributed by atoms with Crippen molar-refractivity contribution in [3.63, 3.8) is 0 Å². The Morgan fingerprint density at radius 2 is 0.865 bits per heavy atom. The van der Waals surface area contributed by atoms with Gasteiger partial charge in [0.1, 0.15) is 0 Å². The molecule has 0 atom stereocenters. The Kier molecular flexibility index (Phi) is 7.18. The summed E-state index contributed by atoms with van der Waals surface area (Å²) < 4.78 is 2.49. The van der Waals surface area contributed by atoms with Crippen LogP contribution in [-0.4, -0.2) is 4.57 Å². The molecule has 9 aromatic carbocycles. The summed E-state index contributed by atoms with van der Waals surface area (Å²) in [7, 11) is 0. The third-order valence-electron chi connectivity index (χ3n) is 10.4. The van der Waals surface area contributed by atoms with Crippen LogP contribution in [0.1, 0.15) is 0 Å². The second-order valence-corrected chi connectivity index (χ2v) is 13.3. The summed E-state index contributed by atoms with van der Waals surface area (Å²) in [5.41, 5.74) is 11.7. The Hall–Kier alpha value is -6.90. The summed E-state index contributed by atoms with van der Waals surface area (Å²) in [6.45, 7) is 0. The van der Waals surface area contributed by atoms with Gasteiger partial charge in [-0.15, -0.1) is 0 Å². The lowest BCUT2D eigenvalue weighted by molar-refractivity contribution is 1.18. The molecule has 0 bridgehead atoms. The maximum absolute atomic E-state index is 2.49. The van der Waals surface area contributed by atoms with Gasteiger partial charge in [0.05, 0.1) is 22.4 Å². The number of nitrogens with zero attached hydrogens (tertiary/aromatic N) is 2. The zero-order valence-electron chi connectivity index (χ0n) is 28.5. The fourth-order valence-electron chi connectivity index (χ4n) is 8.08. The third kappa shape index (κ3) is 4.88. The van der Waals surface area contributed by atoms with E-state index in [0.29, 0.717) is 0 Å². The van der Waals surface area contributed by atoms with Gasteiger partial charge >= 0.3 is 0 Å². The van der Waals surface area contributed by atoms with Crippen LogP contribution in [0.4, 0.5) is 17.1 Å². The van der Waals surface area contributed by atoms with E-state index in [2.05, 4.69) is 216 Å². The number of para-hydroxylation sites is 3. The van der Waals surface area contributed by atoms with Crippen molar-refractivity contribution in [2.45, 2.75) is 0 Å². The molecule has 10 aromatic rings. The fourth-order valence-corrected chi connectivity index (χ4v) is 8.08. The molecule has 0 unspecified atom stereocenters. The predicted octanol–water partition coefficient (Wildman–Crippen LogP) is 13.9. The van der Waals surface area contributed by atoms with E-state index in [1.54, 1.807) is 0 Å². The van der Waals surface area contributed by atoms with Crippen LogP contribution in [0.15, 0.2) is 206 Å². The standard InChI is InChI=1S/C50H34N2/c1-3-20-38(21-4-1)51(39-22-5-2-6-23-39)47-30-15-31-48-50(47)45-26-11-12-29-46(45)52(48)49-34-37(42-27-13-18-35-16-7-9-24-40(35)42)32-33-44(49)43-28-14-19-36-17-8-10-25-41(36)43/h1-34H. The molecule has 2 nitrogen and oxygen atoms in total. The highest BCUT2D eigenvalue weighted by Crippen LogP contribution is 2.46. The van der Waals surface area contributed by atoms with Crippen molar-refractivity contribution in [3.05, 3.63) is 206 Å². The van der Waals surface area contributed by atoms with E-state index < -0.39 is 0 Å². The van der Waals surface area contributed by atoms with Gasteiger partial charge in [0.15, 0.2) is 0 Å². The van der Waals surface area contributed by atoms with Gasteiger partial charge in [0.25, 0.3) is 0 Å². The second kappa shape index (κ2) is 12.5. The molecule has 0 amide bonds. The first-order valence-electron chi connectivity index (χ1n) is 17.9. The molecule has 1 aromatic heterocycles. The number of rotatable bonds is 6. The van der Waals surface area contributed by atoms with Gasteiger partial charge in [0, 0.05) is 27.7 Å². The van der Waals surface area contributed by atoms with Crippen LogP contribution in [0.5, 0.6) is 0 Å². The molecule has 0 saturated carbocycles. The highest BCUT2D eigenvalue weighted by atomic mass is 15.1. The summed E-state index contributed by atoms with van der Waals surface area (Å²) in [6.07, 6.45) is 0. The van der Waals surface area contributed by atoms with Crippen LogP contribution in [0.2, 0.25) is 0 Å². The minimum Gasteiger partial charge on any atom is -0.310 e. The Morgan fingerprint density at radius 1 is 0.346 bits per heavy atom. The summed E-state index contributed by atoms with van der Waals surface area (Å²) >= 11 is 0. The Balaban J connectivity index is 1.31. The number of fused-ring (bicyclic) bond motifs is 5. The van der Waals surface area contributed by atoms with Crippen molar-refractivity contribution in [3.8, 4) is 27.9 Å². The monoisotopic (exact) mass is 662 g/mol. The van der Waals surface area contributed by atoms with Gasteiger partial charge in [-0.1, -0.05) is 158 Å². The van der Waals surface area contributed by atoms with Crippen molar-refractivity contribution >= 4 is 60.4 Å². The summed E-state index contributed by atoms with van der Waals surface area (Å²) in [5.74, 6) is 0. The Bertz CT molecular complexity index is 2850. The Labute approximate surface area is 303 Å². The van der Waals surface area contributed by atoms with E-state index in [1.165, 1.54) is 60.1 Å². The summed E-state index contributed by atoms with van der Waals surface area (Å²) in [6, 6.07) is 74.7. The van der Waals surface area contributed by atoms with Crippen molar-refractivity contribution < 1.29 is 0 Å². The molecule has 1 heterocycles. The van der Waals surface area contributed by atoms with Gasteiger partial charge in [-0.3, -0.25) is 0 Å². The lowest BCUT2D eigenvalue weighted by atomic mass is 9.92. The largest absolute Gasteiger partial charge is 0.310 e. The maximum Gasteiger partial charge on any atom is 0.0562 e. The fraction of sp³-hybridized carbons (Fsp3) is 0. The number of hydrogen-bond acceptors (Lipinski definition) is 1. The first-order chi connectivity index (χ1) is 25.8. The van der Waals surface area contributed by atoms with E-state index in [9.17, 15) is 0 Å². The van der Waals surface area contributed by atoms with Crippen LogP contribution < -0.4 is 4.90 Å². The SMILES string of the molecule is c1ccc(N(c2ccccc2)c2cccc3c2c2ccccc2n3-c2cc(-c3cccc4ccccc34)ccc2-c2cccc3ccccc23)cc1. The van der Waals surface area contributed by atoms with Crippen LogP contribution >= 0.6 is 0 Å². The van der Waals surface area contributed by atoms with E-state index in [0.717, 1.165) is 28.3 Å². The maximum atomic E-state index is 2.49. The molecule has 244 valence electrons. The van der Waals surface area contributed by atoms with Gasteiger partial charge < -0.3 is 9.47 Å². The molecule has 0 spiro atoms. The molecule has 0 saturated heterocycles. The molecular weight excluding hydrogens is 629 g/mol. The summed E-state index contributed by atoms with van der Waals surface area (Å²) in [4.78, 5) is 2.39. The van der Waals surface area contributed by atoms with Crippen molar-refractivity contribution in [2.75, 3.05) is 4.90 Å². The predicted molar refractivity (Wildman–Crippen MR) is 221 cm³/mol. The van der Waals surface area contributed by atoms with Crippen LogP contribution in [0.3, 0.4) is 0 Å². The van der Waals surface area contributed by atoms with E-state index in [-0.39, 0.29) is 0 Å². The molecule has 0 N–H and O–H groups in total. The summed E-state index contributed by atoms with van der Waals surface area (Å²) in [5, 5.41) is 7.39. The molecule has 0 radical (unpaired) electrons. The molecule has 10 rings (SSSR count). The molecular formula is C50H34N2. The van der Waals surface area contributed by atoms with Crippen LogP contribution in [0.25, 0.3) is 71.3 Å². The quantitative estimate of drug-likeness (QED) is 0.172. The van der Waals surface area contributed by atoms with Gasteiger partial charge in [-0.2, -0.15) is 0 Å². The number of aromatic nitrogens is 1. The topological polar surface area (TPSA) is 8.17 Å². The highest BCUT2D eigenvalue weighted by Gasteiger charge is 2.23. The Morgan fingerprint density at radius 3 is 1.56 bits per heavy atom. The molecule has 0 aliphatic rings. The van der Waals surface area contributed by atoms with Crippen molar-refractivity contribution in [1.29, 1.82) is 0 Å². The first kappa shape index (κ1) is 30.0. The molecule has 0 aliphatic carbocycles. The minimum absolute atomic E-state index is 1.12. The van der Waals surface area contributed by atoms with Crippen molar-refractivity contribution in [2.24, 2.45) is 0 Å². The van der Waals surface area contributed by atoms with Crippen molar-refractivity contribution in [1.82, 2.24) is 4.57 Å². The zero-order chi connectivity index (χ0) is 34.4. The lowest BCUT2D eigenvalue weighted by Crippen LogP contribution is -2.10. The van der Waals surface area contributed by atoms with Gasteiger partial charge in [-0.05, 0) is 86.8 Å². The molecule has 52 heavy (non-hydrogen) atoms. The second-order valence-electron chi connectivity index (χ2n) is 13.3. The number of benzene rings is 9. The highest BCUT2D eigenvalue weighted by molar-refractivity contribution is 6.17. The minimum atomic E-state index is 1.12. The molecule has 0 fully saturated rings. The van der Waals surface area contributed by atoms with Crippen LogP contribution in [0, 0.1) is 0 Å². The average molecular weight is 663 g/mol. The lowest BCUT2D eigenvalue weighted by Gasteiger charge is -2.26.